The molecule has 3 N–H and O–H groups in total. The van der Waals surface area contributed by atoms with E-state index in [1.807, 2.05) is 0 Å². The molecule has 1 aliphatic heterocycles. The molecule has 51 heavy (non-hydrogen) atoms. The van der Waals surface area contributed by atoms with Crippen molar-refractivity contribution in [2.45, 2.75) is 231 Å². The predicted octanol–water partition coefficient (Wildman–Crippen LogP) is 10.3. The largest absolute Gasteiger partial charge is 0.463 e. The minimum Gasteiger partial charge on any atom is -0.463 e. The van der Waals surface area contributed by atoms with Crippen LogP contribution in [0.1, 0.15) is 201 Å². The summed E-state index contributed by atoms with van der Waals surface area (Å²) >= 11 is 0. The summed E-state index contributed by atoms with van der Waals surface area (Å²) in [6, 6.07) is 0. The van der Waals surface area contributed by atoms with Gasteiger partial charge in [0.1, 0.15) is 24.9 Å². The van der Waals surface area contributed by atoms with Crippen LogP contribution in [0.15, 0.2) is 24.3 Å². The fourth-order valence-corrected chi connectivity index (χ4v) is 6.60. The number of aliphatic hydroxyl groups is 3. The summed E-state index contributed by atoms with van der Waals surface area (Å²) < 4.78 is 16.2. The van der Waals surface area contributed by atoms with Gasteiger partial charge in [0.25, 0.3) is 0 Å². The highest BCUT2D eigenvalue weighted by atomic mass is 16.7. The van der Waals surface area contributed by atoms with Gasteiger partial charge < -0.3 is 29.5 Å². The van der Waals surface area contributed by atoms with E-state index in [1.54, 1.807) is 0 Å². The Hall–Kier alpha value is -1.74. The van der Waals surface area contributed by atoms with E-state index in [0.717, 1.165) is 70.6 Å². The lowest BCUT2D eigenvalue weighted by molar-refractivity contribution is -0.343. The van der Waals surface area contributed by atoms with Gasteiger partial charge in [-0.25, -0.2) is 0 Å². The molecule has 0 aromatic carbocycles. The van der Waals surface area contributed by atoms with Crippen molar-refractivity contribution < 1.29 is 39.1 Å². The molecular formula is C43H78O8. The van der Waals surface area contributed by atoms with Crippen molar-refractivity contribution in [2.75, 3.05) is 6.61 Å². The van der Waals surface area contributed by atoms with Gasteiger partial charge in [0.2, 0.25) is 5.79 Å². The summed E-state index contributed by atoms with van der Waals surface area (Å²) in [7, 11) is 0. The highest BCUT2D eigenvalue weighted by molar-refractivity contribution is 5.70. The number of unbranched alkanes of at least 4 members (excludes halogenated alkanes) is 22. The lowest BCUT2D eigenvalue weighted by atomic mass is 9.93. The maximum absolute atomic E-state index is 12.5. The van der Waals surface area contributed by atoms with E-state index >= 15 is 0 Å². The van der Waals surface area contributed by atoms with Crippen LogP contribution in [0, 0.1) is 0 Å². The molecule has 1 heterocycles. The smallest absolute Gasteiger partial charge is 0.306 e. The van der Waals surface area contributed by atoms with E-state index in [9.17, 15) is 24.9 Å². The first kappa shape index (κ1) is 47.3. The molecule has 1 unspecified atom stereocenters. The van der Waals surface area contributed by atoms with Crippen LogP contribution >= 0.6 is 0 Å². The normalized spacial score (nSPS) is 22.2. The molecule has 298 valence electrons. The lowest BCUT2D eigenvalue weighted by Gasteiger charge is -2.45. The van der Waals surface area contributed by atoms with Crippen LogP contribution in [0.4, 0.5) is 0 Å². The van der Waals surface area contributed by atoms with Crippen LogP contribution < -0.4 is 0 Å². The Morgan fingerprint density at radius 2 is 0.941 bits per heavy atom. The minimum absolute atomic E-state index is 0.158. The van der Waals surface area contributed by atoms with Crippen molar-refractivity contribution in [2.24, 2.45) is 0 Å². The summed E-state index contributed by atoms with van der Waals surface area (Å²) in [5.41, 5.74) is 0. The molecule has 5 atom stereocenters. The highest BCUT2D eigenvalue weighted by Crippen LogP contribution is 2.31. The molecular weight excluding hydrogens is 644 g/mol. The molecule has 8 nitrogen and oxygen atoms in total. The van der Waals surface area contributed by atoms with Crippen molar-refractivity contribution in [1.82, 2.24) is 0 Å². The summed E-state index contributed by atoms with van der Waals surface area (Å²) in [6.07, 6.45) is 34.3. The monoisotopic (exact) mass is 723 g/mol. The zero-order chi connectivity index (χ0) is 37.4. The Kier molecular flexibility index (Phi) is 29.4. The molecule has 0 saturated carbocycles. The van der Waals surface area contributed by atoms with Gasteiger partial charge in [-0.05, 0) is 71.1 Å². The fraction of sp³-hybridized carbons (Fsp3) is 0.860. The van der Waals surface area contributed by atoms with E-state index in [4.69, 9.17) is 14.2 Å². The van der Waals surface area contributed by atoms with Crippen molar-refractivity contribution in [3.8, 4) is 0 Å². The van der Waals surface area contributed by atoms with Gasteiger partial charge in [0, 0.05) is 12.8 Å². The summed E-state index contributed by atoms with van der Waals surface area (Å²) in [5, 5.41) is 32.2. The molecule has 1 aliphatic rings. The first-order valence-electron chi connectivity index (χ1n) is 21.1. The van der Waals surface area contributed by atoms with Crippen molar-refractivity contribution in [1.29, 1.82) is 0 Å². The molecule has 0 aliphatic carbocycles. The van der Waals surface area contributed by atoms with Gasteiger partial charge in [-0.3, -0.25) is 9.59 Å². The second kappa shape index (κ2) is 31.8. The van der Waals surface area contributed by atoms with Crippen LogP contribution in [-0.2, 0) is 23.8 Å². The van der Waals surface area contributed by atoms with Crippen molar-refractivity contribution in [3.63, 3.8) is 0 Å². The van der Waals surface area contributed by atoms with Crippen LogP contribution in [-0.4, -0.2) is 64.1 Å². The number of esters is 2. The van der Waals surface area contributed by atoms with Crippen LogP contribution in [0.3, 0.4) is 0 Å². The Morgan fingerprint density at radius 1 is 0.569 bits per heavy atom. The Morgan fingerprint density at radius 3 is 1.37 bits per heavy atom. The van der Waals surface area contributed by atoms with E-state index in [0.29, 0.717) is 6.42 Å². The molecule has 1 fully saturated rings. The minimum atomic E-state index is -2.04. The van der Waals surface area contributed by atoms with Gasteiger partial charge in [-0.1, -0.05) is 141 Å². The number of carbonyl (C=O) groups is 2. The van der Waals surface area contributed by atoms with Crippen molar-refractivity contribution >= 4 is 11.9 Å². The quantitative estimate of drug-likeness (QED) is 0.0348. The Bertz CT molecular complexity index is 898. The molecule has 0 amide bonds. The number of ether oxygens (including phenoxy) is 3. The van der Waals surface area contributed by atoms with E-state index in [1.165, 1.54) is 96.8 Å². The molecule has 8 heteroatoms. The average molecular weight is 723 g/mol. The topological polar surface area (TPSA) is 123 Å². The van der Waals surface area contributed by atoms with Gasteiger partial charge in [0.15, 0.2) is 6.10 Å². The maximum atomic E-state index is 12.5. The summed E-state index contributed by atoms with van der Waals surface area (Å²) in [5.74, 6) is -3.01. The molecule has 1 saturated heterocycles. The maximum Gasteiger partial charge on any atom is 0.306 e. The first-order chi connectivity index (χ1) is 24.7. The van der Waals surface area contributed by atoms with E-state index < -0.39 is 42.1 Å². The SMILES string of the molecule is CCCCCCCC/C=C\CCCCCCCC(=O)OC[C@H]1OC(C)(O)[C@H](OC(=O)CCCCCCC/C=C\CCCCCCCC)[C@@H](O)[C@@H]1O. The van der Waals surface area contributed by atoms with Crippen LogP contribution in [0.25, 0.3) is 0 Å². The fourth-order valence-electron chi connectivity index (χ4n) is 6.60. The molecule has 0 aromatic heterocycles. The number of rotatable bonds is 33. The van der Waals surface area contributed by atoms with Crippen molar-refractivity contribution in [3.05, 3.63) is 24.3 Å². The Balaban J connectivity index is 2.12. The van der Waals surface area contributed by atoms with Gasteiger partial charge in [0.05, 0.1) is 0 Å². The standard InChI is InChI=1S/C43H78O8/c1-4-6-8-10-12-14-16-18-20-22-24-26-28-30-32-34-38(44)49-36-37-40(46)41(47)42(43(3,48)51-37)50-39(45)35-33-31-29-27-25-23-21-19-17-15-13-11-9-7-5-2/h18-21,37,40-42,46-48H,4-17,22-36H2,1-3H3/b20-18-,21-19-/t37-,40-,41+,42-,43?/m1/s1. The summed E-state index contributed by atoms with van der Waals surface area (Å²) in [6.45, 7) is 5.46. The third-order valence-corrected chi connectivity index (χ3v) is 9.91. The third-order valence-electron chi connectivity index (χ3n) is 9.91. The van der Waals surface area contributed by atoms with Crippen LogP contribution in [0.2, 0.25) is 0 Å². The number of allylic oxidation sites excluding steroid dienone is 4. The van der Waals surface area contributed by atoms with Crippen LogP contribution in [0.5, 0.6) is 0 Å². The molecule has 0 bridgehead atoms. The zero-order valence-corrected chi connectivity index (χ0v) is 33.0. The van der Waals surface area contributed by atoms with E-state index in [-0.39, 0.29) is 19.4 Å². The second-order valence-electron chi connectivity index (χ2n) is 15.0. The molecule has 0 radical (unpaired) electrons. The number of hydrogen-bond acceptors (Lipinski definition) is 8. The average Bonchev–Trinajstić information content (AvgIpc) is 3.11. The predicted molar refractivity (Wildman–Crippen MR) is 207 cm³/mol. The number of hydrogen-bond donors (Lipinski definition) is 3. The Labute approximate surface area is 312 Å². The van der Waals surface area contributed by atoms with E-state index in [2.05, 4.69) is 38.2 Å². The number of aliphatic hydroxyl groups excluding tert-OH is 2. The second-order valence-corrected chi connectivity index (χ2v) is 15.0. The lowest BCUT2D eigenvalue weighted by Crippen LogP contribution is -2.65. The molecule has 1 rings (SSSR count). The number of carbonyl (C=O) groups excluding carboxylic acids is 2. The van der Waals surface area contributed by atoms with Gasteiger partial charge in [-0.15, -0.1) is 0 Å². The van der Waals surface area contributed by atoms with Gasteiger partial charge >= 0.3 is 11.9 Å². The first-order valence-corrected chi connectivity index (χ1v) is 21.1. The summed E-state index contributed by atoms with van der Waals surface area (Å²) in [4.78, 5) is 24.8. The molecule has 0 spiro atoms. The third kappa shape index (κ3) is 25.0. The van der Waals surface area contributed by atoms with Gasteiger partial charge in [-0.2, -0.15) is 0 Å². The zero-order valence-electron chi connectivity index (χ0n) is 33.0. The molecule has 0 aromatic rings. The highest BCUT2D eigenvalue weighted by Gasteiger charge is 2.53.